The van der Waals surface area contributed by atoms with Gasteiger partial charge in [-0.2, -0.15) is 0 Å². The maximum Gasteiger partial charge on any atom is 0.305 e. The Hall–Kier alpha value is -1.10. The molecule has 5 nitrogen and oxygen atoms in total. The molecule has 1 aliphatic heterocycles. The molecule has 114 valence electrons. The number of nitrogens with one attached hydrogen (secondary N) is 2. The molecule has 0 aromatic rings. The molecule has 3 N–H and O–H groups in total. The molecule has 1 heterocycles. The Morgan fingerprint density at radius 2 is 1.85 bits per heavy atom. The van der Waals surface area contributed by atoms with Gasteiger partial charge in [0.2, 0.25) is 5.91 Å². The van der Waals surface area contributed by atoms with Crippen molar-refractivity contribution < 1.29 is 14.7 Å². The summed E-state index contributed by atoms with van der Waals surface area (Å²) in [6, 6.07) is -0.220. The van der Waals surface area contributed by atoms with Gasteiger partial charge in [-0.05, 0) is 37.6 Å². The third-order valence-electron chi connectivity index (χ3n) is 4.83. The van der Waals surface area contributed by atoms with Crippen LogP contribution in [0.25, 0.3) is 0 Å². The van der Waals surface area contributed by atoms with E-state index < -0.39 is 11.5 Å². The molecule has 0 aromatic heterocycles. The van der Waals surface area contributed by atoms with Gasteiger partial charge in [0.1, 0.15) is 0 Å². The van der Waals surface area contributed by atoms with Crippen molar-refractivity contribution in [1.29, 1.82) is 0 Å². The zero-order valence-electron chi connectivity index (χ0n) is 12.5. The summed E-state index contributed by atoms with van der Waals surface area (Å²) >= 11 is 0. The van der Waals surface area contributed by atoms with Crippen molar-refractivity contribution in [3.8, 4) is 0 Å². The highest BCUT2D eigenvalue weighted by Crippen LogP contribution is 2.35. The van der Waals surface area contributed by atoms with E-state index >= 15 is 0 Å². The molecule has 0 bridgehead atoms. The standard InChI is InChI=1S/C15H26N2O3/c1-14(2)6-5-9-16-12(14)13(20)17-15(10-11(18)19)7-3-4-8-15/h12,16H,3-10H2,1-2H3,(H,17,20)(H,18,19). The maximum absolute atomic E-state index is 12.6. The van der Waals surface area contributed by atoms with Crippen molar-refractivity contribution in [3.63, 3.8) is 0 Å². The Balaban J connectivity index is 2.06. The zero-order chi connectivity index (χ0) is 14.8. The van der Waals surface area contributed by atoms with Crippen LogP contribution in [0.1, 0.15) is 58.8 Å². The maximum atomic E-state index is 12.6. The summed E-state index contributed by atoms with van der Waals surface area (Å²) in [6.07, 6.45) is 5.67. The largest absolute Gasteiger partial charge is 0.481 e. The highest BCUT2D eigenvalue weighted by atomic mass is 16.4. The van der Waals surface area contributed by atoms with Crippen LogP contribution in [-0.2, 0) is 9.59 Å². The van der Waals surface area contributed by atoms with Gasteiger partial charge in [-0.25, -0.2) is 0 Å². The predicted molar refractivity (Wildman–Crippen MR) is 76.4 cm³/mol. The first-order valence-electron chi connectivity index (χ1n) is 7.62. The lowest BCUT2D eigenvalue weighted by Gasteiger charge is -2.40. The van der Waals surface area contributed by atoms with Crippen molar-refractivity contribution in [2.75, 3.05) is 6.54 Å². The van der Waals surface area contributed by atoms with Gasteiger partial charge in [0.15, 0.2) is 0 Å². The molecule has 2 aliphatic rings. The van der Waals surface area contributed by atoms with Gasteiger partial charge in [-0.3, -0.25) is 9.59 Å². The third-order valence-corrected chi connectivity index (χ3v) is 4.83. The minimum atomic E-state index is -0.830. The molecule has 5 heteroatoms. The number of aliphatic carboxylic acids is 1. The van der Waals surface area contributed by atoms with E-state index in [9.17, 15) is 9.59 Å². The van der Waals surface area contributed by atoms with E-state index in [-0.39, 0.29) is 23.8 Å². The molecular weight excluding hydrogens is 256 g/mol. The first kappa shape index (κ1) is 15.3. The minimum absolute atomic E-state index is 0.0298. The molecular formula is C15H26N2O3. The fourth-order valence-corrected chi connectivity index (χ4v) is 3.68. The Morgan fingerprint density at radius 1 is 1.20 bits per heavy atom. The summed E-state index contributed by atoms with van der Waals surface area (Å²) in [4.78, 5) is 23.7. The topological polar surface area (TPSA) is 78.4 Å². The second-order valence-electron chi connectivity index (χ2n) is 7.03. The van der Waals surface area contributed by atoms with Crippen LogP contribution in [0.4, 0.5) is 0 Å². The lowest BCUT2D eigenvalue weighted by atomic mass is 9.76. The highest BCUT2D eigenvalue weighted by Gasteiger charge is 2.42. The summed E-state index contributed by atoms with van der Waals surface area (Å²) in [7, 11) is 0. The second-order valence-corrected chi connectivity index (χ2v) is 7.03. The van der Waals surface area contributed by atoms with Gasteiger partial charge < -0.3 is 15.7 Å². The van der Waals surface area contributed by atoms with Crippen molar-refractivity contribution >= 4 is 11.9 Å². The van der Waals surface area contributed by atoms with Crippen LogP contribution in [0.5, 0.6) is 0 Å². The Labute approximate surface area is 120 Å². The molecule has 20 heavy (non-hydrogen) atoms. The molecule has 0 radical (unpaired) electrons. The van der Waals surface area contributed by atoms with Gasteiger partial charge >= 0.3 is 5.97 Å². The number of carbonyl (C=O) groups is 2. The predicted octanol–water partition coefficient (Wildman–Crippen LogP) is 1.67. The first-order chi connectivity index (χ1) is 9.35. The Kier molecular flexibility index (Phi) is 4.37. The van der Waals surface area contributed by atoms with E-state index in [0.29, 0.717) is 0 Å². The van der Waals surface area contributed by atoms with Gasteiger partial charge in [-0.1, -0.05) is 26.7 Å². The zero-order valence-corrected chi connectivity index (χ0v) is 12.5. The van der Waals surface area contributed by atoms with Crippen LogP contribution in [0.3, 0.4) is 0 Å². The first-order valence-corrected chi connectivity index (χ1v) is 7.62. The van der Waals surface area contributed by atoms with Gasteiger partial charge in [0, 0.05) is 0 Å². The van der Waals surface area contributed by atoms with Crippen LogP contribution < -0.4 is 10.6 Å². The molecule has 1 unspecified atom stereocenters. The van der Waals surface area contributed by atoms with Gasteiger partial charge in [0.05, 0.1) is 18.0 Å². The summed E-state index contributed by atoms with van der Waals surface area (Å²) in [5.41, 5.74) is -0.608. The molecule has 0 aromatic carbocycles. The lowest BCUT2D eigenvalue weighted by Crippen LogP contribution is -2.60. The molecule has 1 aliphatic carbocycles. The van der Waals surface area contributed by atoms with Crippen molar-refractivity contribution in [3.05, 3.63) is 0 Å². The van der Waals surface area contributed by atoms with Crippen LogP contribution in [-0.4, -0.2) is 35.1 Å². The lowest BCUT2D eigenvalue weighted by molar-refractivity contribution is -0.139. The summed E-state index contributed by atoms with van der Waals surface area (Å²) < 4.78 is 0. The van der Waals surface area contributed by atoms with E-state index in [2.05, 4.69) is 24.5 Å². The number of carbonyl (C=O) groups excluding carboxylic acids is 1. The molecule has 1 amide bonds. The number of amides is 1. The Bertz CT molecular complexity index is 387. The number of piperidine rings is 1. The third kappa shape index (κ3) is 3.32. The van der Waals surface area contributed by atoms with E-state index in [4.69, 9.17) is 5.11 Å². The molecule has 1 saturated heterocycles. The van der Waals surface area contributed by atoms with Crippen LogP contribution >= 0.6 is 0 Å². The molecule has 2 rings (SSSR count). The van der Waals surface area contributed by atoms with E-state index in [1.165, 1.54) is 0 Å². The fraction of sp³-hybridized carbons (Fsp3) is 0.867. The summed E-state index contributed by atoms with van der Waals surface area (Å²) in [5.74, 6) is -0.860. The second kappa shape index (κ2) is 5.72. The van der Waals surface area contributed by atoms with E-state index in [0.717, 1.165) is 45.1 Å². The van der Waals surface area contributed by atoms with Crippen molar-refractivity contribution in [2.24, 2.45) is 5.41 Å². The van der Waals surface area contributed by atoms with Gasteiger partial charge in [0.25, 0.3) is 0 Å². The minimum Gasteiger partial charge on any atom is -0.481 e. The number of carboxylic acid groups (broad SMARTS) is 1. The fourth-order valence-electron chi connectivity index (χ4n) is 3.68. The molecule has 1 saturated carbocycles. The smallest absolute Gasteiger partial charge is 0.305 e. The van der Waals surface area contributed by atoms with Crippen molar-refractivity contribution in [1.82, 2.24) is 10.6 Å². The normalized spacial score (nSPS) is 28.0. The SMILES string of the molecule is CC1(C)CCCNC1C(=O)NC1(CC(=O)O)CCCC1. The molecule has 2 fully saturated rings. The summed E-state index contributed by atoms with van der Waals surface area (Å²) in [5, 5.41) is 15.5. The van der Waals surface area contributed by atoms with Crippen LogP contribution in [0.15, 0.2) is 0 Å². The molecule has 0 spiro atoms. The van der Waals surface area contributed by atoms with Crippen LogP contribution in [0, 0.1) is 5.41 Å². The highest BCUT2D eigenvalue weighted by molar-refractivity contribution is 5.84. The quantitative estimate of drug-likeness (QED) is 0.733. The number of hydrogen-bond acceptors (Lipinski definition) is 3. The van der Waals surface area contributed by atoms with Crippen molar-refractivity contribution in [2.45, 2.75) is 70.4 Å². The van der Waals surface area contributed by atoms with Gasteiger partial charge in [-0.15, -0.1) is 0 Å². The number of rotatable bonds is 4. The number of hydrogen-bond donors (Lipinski definition) is 3. The monoisotopic (exact) mass is 282 g/mol. The van der Waals surface area contributed by atoms with E-state index in [1.54, 1.807) is 0 Å². The average molecular weight is 282 g/mol. The van der Waals surface area contributed by atoms with Crippen LogP contribution in [0.2, 0.25) is 0 Å². The van der Waals surface area contributed by atoms with E-state index in [1.807, 2.05) is 0 Å². The summed E-state index contributed by atoms with van der Waals surface area (Å²) in [6.45, 7) is 5.05. The molecule has 1 atom stereocenters. The average Bonchev–Trinajstić information content (AvgIpc) is 2.75. The Morgan fingerprint density at radius 3 is 2.40 bits per heavy atom. The number of carboxylic acids is 1.